The summed E-state index contributed by atoms with van der Waals surface area (Å²) >= 11 is 0. The van der Waals surface area contributed by atoms with Gasteiger partial charge in [-0.15, -0.1) is 10.1 Å². The Morgan fingerprint density at radius 2 is 1.76 bits per heavy atom. The first-order valence-corrected chi connectivity index (χ1v) is 17.1. The molecule has 0 aromatic heterocycles. The predicted octanol–water partition coefficient (Wildman–Crippen LogP) is 5.25. The zero-order chi connectivity index (χ0) is 37.8. The maximum atomic E-state index is 13.2. The van der Waals surface area contributed by atoms with Gasteiger partial charge in [0.1, 0.15) is 12.4 Å². The standard InChI is InChI=1S/C35H49F3N2O11/c1-24(2)50-33(44)15-8-4-3-6-13-28-29(31(42)22-30(28)41)17-16-27(23-48-26-12-10-11-25(21-26)35(36,37)38)51-34(45)18-19-39-32(43)14-7-5-9-20-49-40(46)47/h3,6,10-12,16-17,21,24,27-31,41-42H,4-5,7-9,13-15,18-20,22-23H2,1-2H3,(H,39,43)/b6-3-,17-16+/t27?,28-,29-,30+,31-/m1/s1. The predicted molar refractivity (Wildman–Crippen MR) is 177 cm³/mol. The number of nitrogens with zero attached hydrogens (tertiary/aromatic N) is 1. The summed E-state index contributed by atoms with van der Waals surface area (Å²) in [5.74, 6) is -2.35. The number of amides is 1. The molecule has 1 aromatic rings. The average Bonchev–Trinajstić information content (AvgIpc) is 3.32. The Kier molecular flexibility index (Phi) is 19.0. The van der Waals surface area contributed by atoms with Crippen LogP contribution in [-0.4, -0.2) is 77.3 Å². The van der Waals surface area contributed by atoms with Crippen molar-refractivity contribution in [1.29, 1.82) is 0 Å². The van der Waals surface area contributed by atoms with Crippen LogP contribution in [0.5, 0.6) is 5.75 Å². The summed E-state index contributed by atoms with van der Waals surface area (Å²) in [6, 6.07) is 4.23. The number of allylic oxidation sites excluding steroid dienone is 2. The molecule has 1 aromatic carbocycles. The third-order valence-corrected chi connectivity index (χ3v) is 7.91. The van der Waals surface area contributed by atoms with Crippen molar-refractivity contribution in [1.82, 2.24) is 5.32 Å². The van der Waals surface area contributed by atoms with Crippen molar-refractivity contribution in [2.24, 2.45) is 11.8 Å². The molecule has 13 nitrogen and oxygen atoms in total. The smallest absolute Gasteiger partial charge is 0.416 e. The second kappa shape index (κ2) is 22.6. The highest BCUT2D eigenvalue weighted by molar-refractivity contribution is 5.77. The maximum Gasteiger partial charge on any atom is 0.416 e. The van der Waals surface area contributed by atoms with Gasteiger partial charge in [0.15, 0.2) is 6.10 Å². The molecular formula is C35H49F3N2O11. The molecule has 1 aliphatic rings. The minimum Gasteiger partial charge on any atom is -0.489 e. The number of aliphatic hydroxyl groups excluding tert-OH is 2. The summed E-state index contributed by atoms with van der Waals surface area (Å²) in [4.78, 5) is 50.9. The molecule has 0 radical (unpaired) electrons. The molecule has 0 heterocycles. The molecule has 2 rings (SSSR count). The number of hydrogen-bond donors (Lipinski definition) is 3. The van der Waals surface area contributed by atoms with Gasteiger partial charge in [0, 0.05) is 31.7 Å². The van der Waals surface area contributed by atoms with Crippen LogP contribution >= 0.6 is 0 Å². The molecule has 51 heavy (non-hydrogen) atoms. The van der Waals surface area contributed by atoms with E-state index in [0.29, 0.717) is 38.5 Å². The van der Waals surface area contributed by atoms with Crippen LogP contribution in [0.1, 0.15) is 83.6 Å². The molecule has 286 valence electrons. The normalized spacial score (nSPS) is 19.7. The molecule has 1 unspecified atom stereocenters. The van der Waals surface area contributed by atoms with E-state index in [1.807, 2.05) is 12.2 Å². The van der Waals surface area contributed by atoms with Gasteiger partial charge in [-0.25, -0.2) is 0 Å². The molecular weight excluding hydrogens is 681 g/mol. The van der Waals surface area contributed by atoms with Crippen LogP contribution in [0.3, 0.4) is 0 Å². The van der Waals surface area contributed by atoms with Crippen molar-refractivity contribution in [2.75, 3.05) is 19.8 Å². The summed E-state index contributed by atoms with van der Waals surface area (Å²) in [6.45, 7) is 3.08. The van der Waals surface area contributed by atoms with E-state index in [1.165, 1.54) is 18.2 Å². The Morgan fingerprint density at radius 3 is 2.47 bits per heavy atom. The zero-order valence-corrected chi connectivity index (χ0v) is 28.9. The van der Waals surface area contributed by atoms with Gasteiger partial charge in [0.25, 0.3) is 5.09 Å². The topological polar surface area (TPSA) is 184 Å². The third-order valence-electron chi connectivity index (χ3n) is 7.91. The largest absolute Gasteiger partial charge is 0.489 e. The quantitative estimate of drug-likeness (QED) is 0.0439. The second-order valence-corrected chi connectivity index (χ2v) is 12.5. The molecule has 16 heteroatoms. The number of ether oxygens (including phenoxy) is 3. The Balaban J connectivity index is 1.99. The van der Waals surface area contributed by atoms with Crippen molar-refractivity contribution >= 4 is 17.8 Å². The fourth-order valence-electron chi connectivity index (χ4n) is 5.41. The number of benzene rings is 1. The Morgan fingerprint density at radius 1 is 1.02 bits per heavy atom. The molecule has 5 atom stereocenters. The monoisotopic (exact) mass is 730 g/mol. The summed E-state index contributed by atoms with van der Waals surface area (Å²) in [5, 5.41) is 33.2. The molecule has 0 spiro atoms. The van der Waals surface area contributed by atoms with E-state index in [4.69, 9.17) is 14.2 Å². The molecule has 0 aliphatic heterocycles. The second-order valence-electron chi connectivity index (χ2n) is 12.5. The first-order valence-electron chi connectivity index (χ1n) is 17.1. The highest BCUT2D eigenvalue weighted by Gasteiger charge is 2.39. The number of carbonyl (C=O) groups excluding carboxylic acids is 3. The number of alkyl halides is 3. The molecule has 0 bridgehead atoms. The number of hydrogen-bond acceptors (Lipinski definition) is 11. The Hall–Kier alpha value is -4.18. The minimum absolute atomic E-state index is 0.0477. The lowest BCUT2D eigenvalue weighted by atomic mass is 9.89. The SMILES string of the molecule is CC(C)OC(=O)CCC/C=C\C[C@@H]1[C@@H](/C=C/C(COc2cccc(C(F)(F)F)c2)OC(=O)CCNC(=O)CCCCCO[N+](=O)[O-])[C@H](O)C[C@@H]1O. The van der Waals surface area contributed by atoms with Gasteiger partial charge in [0.05, 0.1) is 36.9 Å². The lowest BCUT2D eigenvalue weighted by molar-refractivity contribution is -0.757. The minimum atomic E-state index is -4.59. The van der Waals surface area contributed by atoms with Crippen LogP contribution in [0.2, 0.25) is 0 Å². The van der Waals surface area contributed by atoms with E-state index in [9.17, 15) is 47.9 Å². The molecule has 0 saturated heterocycles. The number of esters is 2. The van der Waals surface area contributed by atoms with E-state index in [-0.39, 0.29) is 75.1 Å². The highest BCUT2D eigenvalue weighted by Crippen LogP contribution is 2.36. The maximum absolute atomic E-state index is 13.2. The zero-order valence-electron chi connectivity index (χ0n) is 28.9. The lowest BCUT2D eigenvalue weighted by Gasteiger charge is -2.21. The van der Waals surface area contributed by atoms with Crippen LogP contribution in [0.15, 0.2) is 48.6 Å². The van der Waals surface area contributed by atoms with Crippen molar-refractivity contribution in [3.05, 3.63) is 64.2 Å². The van der Waals surface area contributed by atoms with Crippen LogP contribution < -0.4 is 10.1 Å². The molecule has 3 N–H and O–H groups in total. The van der Waals surface area contributed by atoms with Crippen molar-refractivity contribution in [3.63, 3.8) is 0 Å². The number of carbonyl (C=O) groups is 3. The molecule has 1 aliphatic carbocycles. The summed E-state index contributed by atoms with van der Waals surface area (Å²) < 4.78 is 55.9. The highest BCUT2D eigenvalue weighted by atomic mass is 19.4. The van der Waals surface area contributed by atoms with Crippen LogP contribution in [-0.2, 0) is 34.9 Å². The van der Waals surface area contributed by atoms with Crippen LogP contribution in [0, 0.1) is 22.0 Å². The molecule has 1 saturated carbocycles. The van der Waals surface area contributed by atoms with E-state index in [1.54, 1.807) is 19.9 Å². The summed E-state index contributed by atoms with van der Waals surface area (Å²) in [5.41, 5.74) is -0.917. The van der Waals surface area contributed by atoms with Crippen molar-refractivity contribution < 1.29 is 61.9 Å². The fourth-order valence-corrected chi connectivity index (χ4v) is 5.41. The molecule has 1 amide bonds. The average molecular weight is 731 g/mol. The van der Waals surface area contributed by atoms with E-state index in [2.05, 4.69) is 10.2 Å². The molecule has 1 fully saturated rings. The van der Waals surface area contributed by atoms with Gasteiger partial charge in [0.2, 0.25) is 5.91 Å². The summed E-state index contributed by atoms with van der Waals surface area (Å²) in [7, 11) is 0. The van der Waals surface area contributed by atoms with Gasteiger partial charge in [-0.1, -0.05) is 30.7 Å². The van der Waals surface area contributed by atoms with Gasteiger partial charge in [-0.2, -0.15) is 13.2 Å². The van der Waals surface area contributed by atoms with Crippen molar-refractivity contribution in [2.45, 2.75) is 109 Å². The van der Waals surface area contributed by atoms with Gasteiger partial charge in [-0.05, 0) is 76.1 Å². The van der Waals surface area contributed by atoms with Gasteiger partial charge >= 0.3 is 18.1 Å². The number of nitrogens with one attached hydrogen (secondary N) is 1. The third kappa shape index (κ3) is 18.0. The number of aliphatic hydroxyl groups is 2. The Labute approximate surface area is 295 Å². The summed E-state index contributed by atoms with van der Waals surface area (Å²) in [6.07, 6.45) is 2.59. The lowest BCUT2D eigenvalue weighted by Crippen LogP contribution is -2.29. The van der Waals surface area contributed by atoms with Gasteiger partial charge in [-0.3, -0.25) is 14.4 Å². The number of halogens is 3. The van der Waals surface area contributed by atoms with Crippen LogP contribution in [0.25, 0.3) is 0 Å². The fraction of sp³-hybridized carbons (Fsp3) is 0.629. The Bertz CT molecular complexity index is 1310. The first-order chi connectivity index (χ1) is 24.1. The first kappa shape index (κ1) is 43.0. The van der Waals surface area contributed by atoms with Crippen LogP contribution in [0.4, 0.5) is 13.2 Å². The number of unbranched alkanes of at least 4 members (excludes halogenated alkanes) is 3. The van der Waals surface area contributed by atoms with Gasteiger partial charge < -0.3 is 34.6 Å². The number of rotatable bonds is 23. The van der Waals surface area contributed by atoms with E-state index in [0.717, 1.165) is 12.1 Å². The van der Waals surface area contributed by atoms with Crippen molar-refractivity contribution in [3.8, 4) is 5.75 Å². The van der Waals surface area contributed by atoms with E-state index < -0.39 is 47.0 Å². The van der Waals surface area contributed by atoms with E-state index >= 15 is 0 Å².